The molecule has 1 aliphatic rings. The highest BCUT2D eigenvalue weighted by Crippen LogP contribution is 2.46. The Labute approximate surface area is 180 Å². The van der Waals surface area contributed by atoms with Gasteiger partial charge >= 0.3 is 0 Å². The molecule has 1 aliphatic heterocycles. The van der Waals surface area contributed by atoms with Gasteiger partial charge in [0, 0.05) is 45.2 Å². The van der Waals surface area contributed by atoms with Gasteiger partial charge in [0.05, 0.1) is 0 Å². The molecule has 27 heavy (non-hydrogen) atoms. The summed E-state index contributed by atoms with van der Waals surface area (Å²) < 4.78 is 5.58. The third-order valence-corrected chi connectivity index (χ3v) is 5.56. The minimum absolute atomic E-state index is 0. The number of halogens is 1. The highest BCUT2D eigenvalue weighted by Gasteiger charge is 2.53. The second-order valence-electron chi connectivity index (χ2n) is 8.15. The first-order valence-electron chi connectivity index (χ1n) is 8.98. The van der Waals surface area contributed by atoms with Crippen molar-refractivity contribution in [1.82, 2.24) is 15.1 Å². The summed E-state index contributed by atoms with van der Waals surface area (Å²) in [4.78, 5) is 19.9. The summed E-state index contributed by atoms with van der Waals surface area (Å²) in [5.74, 6) is 1.54. The maximum absolute atomic E-state index is 11.7. The molecule has 1 N–H and O–H groups in total. The number of likely N-dealkylation sites (tertiary alicyclic amines) is 1. The van der Waals surface area contributed by atoms with Gasteiger partial charge in [-0.05, 0) is 31.5 Å². The van der Waals surface area contributed by atoms with Gasteiger partial charge in [-0.15, -0.1) is 24.0 Å². The van der Waals surface area contributed by atoms with E-state index in [2.05, 4.69) is 42.9 Å². The Balaban J connectivity index is 0.00000364. The third kappa shape index (κ3) is 5.27. The van der Waals surface area contributed by atoms with Crippen LogP contribution in [0.3, 0.4) is 0 Å². The highest BCUT2D eigenvalue weighted by atomic mass is 127. The number of carbonyl (C=O) groups excluding carboxylic acids is 1. The van der Waals surface area contributed by atoms with Crippen LogP contribution < -0.4 is 10.1 Å². The van der Waals surface area contributed by atoms with Gasteiger partial charge in [-0.25, -0.2) is 0 Å². The molecule has 0 unspecified atom stereocenters. The van der Waals surface area contributed by atoms with E-state index in [0.717, 1.165) is 18.1 Å². The van der Waals surface area contributed by atoms with Crippen LogP contribution in [0.4, 0.5) is 0 Å². The zero-order chi connectivity index (χ0) is 19.5. The van der Waals surface area contributed by atoms with Crippen LogP contribution in [0.2, 0.25) is 0 Å². The number of amides is 1. The molecule has 1 amide bonds. The quantitative estimate of drug-likeness (QED) is 0.394. The van der Waals surface area contributed by atoms with Gasteiger partial charge in [-0.3, -0.25) is 9.79 Å². The Hall–Kier alpha value is -1.51. The van der Waals surface area contributed by atoms with Gasteiger partial charge in [0.25, 0.3) is 5.91 Å². The minimum atomic E-state index is -0.0587. The molecule has 0 spiro atoms. The first kappa shape index (κ1) is 23.5. The second-order valence-corrected chi connectivity index (χ2v) is 8.15. The van der Waals surface area contributed by atoms with E-state index < -0.39 is 0 Å². The molecule has 6 nitrogen and oxygen atoms in total. The highest BCUT2D eigenvalue weighted by molar-refractivity contribution is 14.0. The summed E-state index contributed by atoms with van der Waals surface area (Å²) in [7, 11) is 5.25. The monoisotopic (exact) mass is 488 g/mol. The number of rotatable bonds is 5. The van der Waals surface area contributed by atoms with Gasteiger partial charge in [0.15, 0.2) is 12.6 Å². The van der Waals surface area contributed by atoms with Crippen molar-refractivity contribution in [2.75, 3.05) is 34.3 Å². The number of nitrogens with one attached hydrogen (secondary N) is 1. The normalized spacial score (nSPS) is 17.4. The van der Waals surface area contributed by atoms with Gasteiger partial charge in [-0.2, -0.15) is 0 Å². The van der Waals surface area contributed by atoms with Crippen LogP contribution in [0.5, 0.6) is 5.75 Å². The number of hydrogen-bond donors (Lipinski definition) is 1. The summed E-state index contributed by atoms with van der Waals surface area (Å²) >= 11 is 0. The van der Waals surface area contributed by atoms with Crippen LogP contribution in [-0.4, -0.2) is 61.5 Å². The average Bonchev–Trinajstić information content (AvgIpc) is 2.59. The standard InChI is InChI=1S/C20H32N4O2.HI/c1-19(2)14-24(20(19,3)4)18(21-5)22-12-15-9-8-10-16(11-15)26-13-17(25)23(6)7;/h8-11H,12-14H2,1-7H3,(H,21,22);1H. The molecule has 0 aliphatic carbocycles. The largest absolute Gasteiger partial charge is 0.484 e. The Morgan fingerprint density at radius 3 is 2.48 bits per heavy atom. The predicted molar refractivity (Wildman–Crippen MR) is 121 cm³/mol. The summed E-state index contributed by atoms with van der Waals surface area (Å²) in [6.45, 7) is 10.7. The molecule has 0 bridgehead atoms. The zero-order valence-corrected chi connectivity index (χ0v) is 19.8. The van der Waals surface area contributed by atoms with E-state index in [1.54, 1.807) is 14.1 Å². The van der Waals surface area contributed by atoms with Crippen LogP contribution in [0, 0.1) is 5.41 Å². The van der Waals surface area contributed by atoms with E-state index in [-0.39, 0.29) is 47.4 Å². The van der Waals surface area contributed by atoms with E-state index in [9.17, 15) is 4.79 Å². The lowest BCUT2D eigenvalue weighted by Crippen LogP contribution is -2.72. The SMILES string of the molecule is CN=C(NCc1cccc(OCC(=O)N(C)C)c1)N1CC(C)(C)C1(C)C.I. The molecule has 0 aromatic heterocycles. The Morgan fingerprint density at radius 1 is 1.30 bits per heavy atom. The minimum Gasteiger partial charge on any atom is -0.484 e. The van der Waals surface area contributed by atoms with Crippen molar-refractivity contribution in [3.05, 3.63) is 29.8 Å². The fourth-order valence-corrected chi connectivity index (χ4v) is 2.90. The summed E-state index contributed by atoms with van der Waals surface area (Å²) in [5, 5.41) is 3.44. The molecule has 1 aromatic carbocycles. The number of hydrogen-bond acceptors (Lipinski definition) is 3. The first-order chi connectivity index (χ1) is 12.1. The molecule has 1 aromatic rings. The van der Waals surface area contributed by atoms with Crippen LogP contribution in [0.1, 0.15) is 33.3 Å². The first-order valence-corrected chi connectivity index (χ1v) is 8.98. The lowest BCUT2D eigenvalue weighted by atomic mass is 9.65. The van der Waals surface area contributed by atoms with Crippen LogP contribution >= 0.6 is 24.0 Å². The Morgan fingerprint density at radius 2 is 1.96 bits per heavy atom. The number of benzene rings is 1. The van der Waals surface area contributed by atoms with Crippen LogP contribution in [-0.2, 0) is 11.3 Å². The molecule has 152 valence electrons. The Bertz CT molecular complexity index is 686. The number of aliphatic imine (C=N–C) groups is 1. The fraction of sp³-hybridized carbons (Fsp3) is 0.600. The number of guanidine groups is 1. The summed E-state index contributed by atoms with van der Waals surface area (Å²) in [5.41, 5.74) is 1.41. The maximum atomic E-state index is 11.7. The smallest absolute Gasteiger partial charge is 0.259 e. The van der Waals surface area contributed by atoms with Crippen molar-refractivity contribution >= 4 is 35.8 Å². The number of ether oxygens (including phenoxy) is 1. The van der Waals surface area contributed by atoms with E-state index in [0.29, 0.717) is 12.3 Å². The molecule has 0 atom stereocenters. The van der Waals surface area contributed by atoms with E-state index in [4.69, 9.17) is 4.74 Å². The van der Waals surface area contributed by atoms with Crippen molar-refractivity contribution in [2.24, 2.45) is 10.4 Å². The third-order valence-electron chi connectivity index (χ3n) is 5.56. The second kappa shape index (κ2) is 9.12. The van der Waals surface area contributed by atoms with E-state index in [1.807, 2.05) is 31.3 Å². The van der Waals surface area contributed by atoms with Crippen molar-refractivity contribution < 1.29 is 9.53 Å². The lowest BCUT2D eigenvalue weighted by molar-refractivity contribution is -0.130. The zero-order valence-electron chi connectivity index (χ0n) is 17.5. The maximum Gasteiger partial charge on any atom is 0.259 e. The molecule has 7 heteroatoms. The van der Waals surface area contributed by atoms with E-state index in [1.165, 1.54) is 4.90 Å². The van der Waals surface area contributed by atoms with Gasteiger partial charge in [-0.1, -0.05) is 26.0 Å². The van der Waals surface area contributed by atoms with Crippen LogP contribution in [0.15, 0.2) is 29.3 Å². The van der Waals surface area contributed by atoms with Gasteiger partial charge in [0.1, 0.15) is 5.75 Å². The molecule has 1 saturated heterocycles. The molecule has 1 fully saturated rings. The van der Waals surface area contributed by atoms with Crippen molar-refractivity contribution in [1.29, 1.82) is 0 Å². The number of likely N-dealkylation sites (N-methyl/N-ethyl adjacent to an activating group) is 1. The fourth-order valence-electron chi connectivity index (χ4n) is 2.90. The summed E-state index contributed by atoms with van der Waals surface area (Å²) in [6.07, 6.45) is 0. The van der Waals surface area contributed by atoms with Gasteiger partial charge < -0.3 is 19.9 Å². The van der Waals surface area contributed by atoms with Crippen molar-refractivity contribution in [3.8, 4) is 5.75 Å². The molecular weight excluding hydrogens is 455 g/mol. The predicted octanol–water partition coefficient (Wildman–Crippen LogP) is 2.97. The molecule has 2 rings (SSSR count). The number of carbonyl (C=O) groups is 1. The van der Waals surface area contributed by atoms with Crippen molar-refractivity contribution in [3.63, 3.8) is 0 Å². The summed E-state index contributed by atoms with van der Waals surface area (Å²) in [6, 6.07) is 7.79. The van der Waals surface area contributed by atoms with Crippen LogP contribution in [0.25, 0.3) is 0 Å². The average molecular weight is 488 g/mol. The topological polar surface area (TPSA) is 57.2 Å². The number of nitrogens with zero attached hydrogens (tertiary/aromatic N) is 3. The van der Waals surface area contributed by atoms with Crippen molar-refractivity contribution in [2.45, 2.75) is 39.8 Å². The molecule has 1 heterocycles. The van der Waals surface area contributed by atoms with E-state index >= 15 is 0 Å². The lowest BCUT2D eigenvalue weighted by Gasteiger charge is -2.62. The molecule has 0 radical (unpaired) electrons. The Kier molecular flexibility index (Phi) is 7.95. The molecular formula is C20H33IN4O2. The van der Waals surface area contributed by atoms with Gasteiger partial charge in [0.2, 0.25) is 0 Å². The molecule has 0 saturated carbocycles.